The van der Waals surface area contributed by atoms with Gasteiger partial charge in [0.25, 0.3) is 0 Å². The Morgan fingerprint density at radius 2 is 1.23 bits per heavy atom. The Balaban J connectivity index is 0.000000211. The molecule has 0 aliphatic heterocycles. The Morgan fingerprint density at radius 1 is 0.717 bits per heavy atom. The Morgan fingerprint density at radius 3 is 1.75 bits per heavy atom. The first-order valence-electron chi connectivity index (χ1n) is 16.3. The fourth-order valence-electron chi connectivity index (χ4n) is 4.89. The Bertz CT molecular complexity index is 2090. The zero-order chi connectivity index (χ0) is 38.2. The molecule has 0 aliphatic carbocycles. The number of amides is 1. The third kappa shape index (κ3) is 11.5. The molecule has 2 aromatic carbocycles. The van der Waals surface area contributed by atoms with E-state index in [1.165, 1.54) is 12.3 Å². The lowest BCUT2D eigenvalue weighted by Crippen LogP contribution is -2.39. The molecule has 16 heteroatoms. The summed E-state index contributed by atoms with van der Waals surface area (Å²) in [5, 5.41) is 2.77. The highest BCUT2D eigenvalue weighted by Gasteiger charge is 2.33. The second-order valence-electron chi connectivity index (χ2n) is 12.6. The van der Waals surface area contributed by atoms with Crippen LogP contribution in [0.5, 0.6) is 23.0 Å². The van der Waals surface area contributed by atoms with Crippen LogP contribution in [-0.2, 0) is 4.74 Å². The van der Waals surface area contributed by atoms with Gasteiger partial charge in [0, 0.05) is 50.0 Å². The quantitative estimate of drug-likeness (QED) is 0.140. The summed E-state index contributed by atoms with van der Waals surface area (Å²) in [5.41, 5.74) is 0.632. The molecule has 10 nitrogen and oxygen atoms in total. The van der Waals surface area contributed by atoms with E-state index in [1.807, 2.05) is 24.3 Å². The van der Waals surface area contributed by atoms with Crippen molar-refractivity contribution in [2.75, 3.05) is 23.3 Å². The smallest absolute Gasteiger partial charge is 0.414 e. The Kier molecular flexibility index (Phi) is 11.7. The van der Waals surface area contributed by atoms with Gasteiger partial charge < -0.3 is 28.3 Å². The van der Waals surface area contributed by atoms with Crippen LogP contribution in [0.3, 0.4) is 0 Å². The normalized spacial score (nSPS) is 11.9. The summed E-state index contributed by atoms with van der Waals surface area (Å²) in [6, 6.07) is 21.2. The highest BCUT2D eigenvalue weighted by atomic mass is 19.4. The molecule has 6 rings (SSSR count). The number of rotatable bonds is 10. The molecule has 53 heavy (non-hydrogen) atoms. The van der Waals surface area contributed by atoms with Crippen molar-refractivity contribution in [2.45, 2.75) is 51.6 Å². The summed E-state index contributed by atoms with van der Waals surface area (Å²) >= 11 is 0. The molecule has 0 spiro atoms. The van der Waals surface area contributed by atoms with Gasteiger partial charge in [0.05, 0.1) is 36.6 Å². The van der Waals surface area contributed by atoms with Crippen molar-refractivity contribution in [1.82, 2.24) is 18.8 Å². The lowest BCUT2D eigenvalue weighted by Gasteiger charge is -2.28. The van der Waals surface area contributed by atoms with Crippen molar-refractivity contribution in [3.05, 3.63) is 110 Å². The first kappa shape index (κ1) is 38.3. The fourth-order valence-corrected chi connectivity index (χ4v) is 4.89. The monoisotopic (exact) mass is 742 g/mol. The van der Waals surface area contributed by atoms with E-state index >= 15 is 0 Å². The van der Waals surface area contributed by atoms with Crippen LogP contribution in [0.25, 0.3) is 11.3 Å². The molecule has 0 atom stereocenters. The second-order valence-corrected chi connectivity index (χ2v) is 12.6. The number of alkyl halides is 6. The number of ether oxygens (including phenoxy) is 3. The van der Waals surface area contributed by atoms with Gasteiger partial charge in [0.15, 0.2) is 11.3 Å². The number of fused-ring (bicyclic) bond motifs is 2. The van der Waals surface area contributed by atoms with Crippen molar-refractivity contribution >= 4 is 28.8 Å². The molecule has 4 heterocycles. The predicted molar refractivity (Wildman–Crippen MR) is 187 cm³/mol. The summed E-state index contributed by atoms with van der Waals surface area (Å²) in [5.74, 6) is 2.04. The van der Waals surface area contributed by atoms with Crippen molar-refractivity contribution in [3.8, 4) is 23.0 Å². The number of nitrogens with one attached hydrogen (secondary N) is 1. The van der Waals surface area contributed by atoms with E-state index in [4.69, 9.17) is 14.2 Å². The predicted octanol–water partition coefficient (Wildman–Crippen LogP) is 10.3. The van der Waals surface area contributed by atoms with Crippen LogP contribution in [0.4, 0.5) is 42.5 Å². The van der Waals surface area contributed by atoms with E-state index in [2.05, 4.69) is 15.3 Å². The van der Waals surface area contributed by atoms with E-state index in [0.29, 0.717) is 40.0 Å². The SMILES string of the molecule is CC(C)(C)OC(=O)N(CCC(F)(F)F)c1cc(Oc2ccccc2)cn2ccnc12.FC(F)(F)CCNc1cc(Oc2ccccc2)cn2ccnc12. The number of nitrogens with zero attached hydrogens (tertiary/aromatic N) is 5. The second kappa shape index (κ2) is 16.2. The number of para-hydroxylation sites is 2. The van der Waals surface area contributed by atoms with Crippen LogP contribution in [0.1, 0.15) is 33.6 Å². The number of hydrogen-bond donors (Lipinski definition) is 1. The van der Waals surface area contributed by atoms with Crippen LogP contribution >= 0.6 is 0 Å². The average Bonchev–Trinajstić information content (AvgIpc) is 3.74. The number of aromatic nitrogens is 4. The molecule has 0 fully saturated rings. The summed E-state index contributed by atoms with van der Waals surface area (Å²) in [7, 11) is 0. The lowest BCUT2D eigenvalue weighted by molar-refractivity contribution is -0.132. The zero-order valence-electron chi connectivity index (χ0n) is 28.9. The fraction of sp³-hybridized carbons (Fsp3) is 0.270. The topological polar surface area (TPSA) is 94.6 Å². The van der Waals surface area contributed by atoms with Gasteiger partial charge in [-0.25, -0.2) is 14.8 Å². The number of imidazole rings is 2. The number of halogens is 6. The number of anilines is 2. The van der Waals surface area contributed by atoms with Crippen molar-refractivity contribution in [1.29, 1.82) is 0 Å². The minimum Gasteiger partial charge on any atom is -0.456 e. The molecule has 1 amide bonds. The van der Waals surface area contributed by atoms with E-state index in [1.54, 1.807) is 103 Å². The minimum atomic E-state index is -4.44. The third-order valence-electron chi connectivity index (χ3n) is 7.11. The highest BCUT2D eigenvalue weighted by molar-refractivity contribution is 5.93. The van der Waals surface area contributed by atoms with Gasteiger partial charge >= 0.3 is 18.4 Å². The van der Waals surface area contributed by atoms with Gasteiger partial charge in [-0.15, -0.1) is 0 Å². The number of carbonyl (C=O) groups is 1. The maximum atomic E-state index is 12.9. The maximum absolute atomic E-state index is 12.9. The molecule has 0 bridgehead atoms. The van der Waals surface area contributed by atoms with Crippen LogP contribution in [0, 0.1) is 0 Å². The van der Waals surface area contributed by atoms with Crippen LogP contribution in [-0.4, -0.2) is 55.9 Å². The molecule has 0 unspecified atom stereocenters. The van der Waals surface area contributed by atoms with Gasteiger partial charge in [-0.2, -0.15) is 26.3 Å². The highest BCUT2D eigenvalue weighted by Crippen LogP contribution is 2.32. The molecular formula is C37H36F6N6O4. The van der Waals surface area contributed by atoms with Gasteiger partial charge in [-0.1, -0.05) is 36.4 Å². The minimum absolute atomic E-state index is 0.159. The summed E-state index contributed by atoms with van der Waals surface area (Å²) in [6.45, 7) is 4.10. The molecular weight excluding hydrogens is 706 g/mol. The van der Waals surface area contributed by atoms with E-state index in [0.717, 1.165) is 4.90 Å². The van der Waals surface area contributed by atoms with Gasteiger partial charge in [-0.3, -0.25) is 4.90 Å². The van der Waals surface area contributed by atoms with E-state index in [-0.39, 0.29) is 12.2 Å². The number of pyridine rings is 2. The van der Waals surface area contributed by atoms with Crippen LogP contribution in [0.2, 0.25) is 0 Å². The Hall–Kier alpha value is -5.93. The molecule has 280 valence electrons. The maximum Gasteiger partial charge on any atom is 0.414 e. The lowest BCUT2D eigenvalue weighted by atomic mass is 10.2. The van der Waals surface area contributed by atoms with Crippen LogP contribution < -0.4 is 19.7 Å². The van der Waals surface area contributed by atoms with Crippen molar-refractivity contribution < 1.29 is 45.3 Å². The average molecular weight is 743 g/mol. The molecule has 0 saturated carbocycles. The van der Waals surface area contributed by atoms with Gasteiger partial charge in [0.2, 0.25) is 0 Å². The first-order chi connectivity index (χ1) is 25.0. The Labute approximate surface area is 300 Å². The largest absolute Gasteiger partial charge is 0.456 e. The van der Waals surface area contributed by atoms with E-state index in [9.17, 15) is 31.1 Å². The molecule has 0 aliphatic rings. The molecule has 1 N–H and O–H groups in total. The van der Waals surface area contributed by atoms with Crippen molar-refractivity contribution in [3.63, 3.8) is 0 Å². The molecule has 6 aromatic rings. The standard InChI is InChI=1S/C21H22F3N3O3.C16H14F3N3O/c1-20(2,3)30-19(28)27(11-9-21(22,23)24)17-13-16(14-26-12-10-25-18(17)26)29-15-7-5-4-6-8-15;17-16(18,19)6-7-20-14-10-13(11-22-9-8-21-15(14)22)23-12-4-2-1-3-5-12/h4-8,10,12-14H,9,11H2,1-3H3;1-5,8-11,20H,6-7H2. The number of hydrogen-bond acceptors (Lipinski definition) is 7. The number of carbonyl (C=O) groups excluding carboxylic acids is 1. The summed E-state index contributed by atoms with van der Waals surface area (Å²) < 4.78 is 95.9. The van der Waals surface area contributed by atoms with Gasteiger partial charge in [0.1, 0.15) is 28.6 Å². The molecule has 0 radical (unpaired) electrons. The van der Waals surface area contributed by atoms with Crippen LogP contribution in [0.15, 0.2) is 110 Å². The van der Waals surface area contributed by atoms with Gasteiger partial charge in [-0.05, 0) is 45.0 Å². The summed E-state index contributed by atoms with van der Waals surface area (Å²) in [4.78, 5) is 22.0. The number of benzene rings is 2. The molecule has 0 saturated heterocycles. The molecule has 4 aromatic heterocycles. The van der Waals surface area contributed by atoms with E-state index < -0.39 is 43.4 Å². The zero-order valence-corrected chi connectivity index (χ0v) is 28.9. The first-order valence-corrected chi connectivity index (χ1v) is 16.3. The van der Waals surface area contributed by atoms with Crippen molar-refractivity contribution in [2.24, 2.45) is 0 Å². The summed E-state index contributed by atoms with van der Waals surface area (Å²) in [6.07, 6.45) is -1.88. The third-order valence-corrected chi connectivity index (χ3v) is 7.11.